The highest BCUT2D eigenvalue weighted by molar-refractivity contribution is 7.89. The number of rotatable bonds is 3. The Bertz CT molecular complexity index is 1050. The van der Waals surface area contributed by atoms with E-state index in [4.69, 9.17) is 9.47 Å². The second-order valence-corrected chi connectivity index (χ2v) is 8.51. The molecule has 29 heavy (non-hydrogen) atoms. The normalized spacial score (nSPS) is 17.2. The Morgan fingerprint density at radius 3 is 2.45 bits per heavy atom. The molecule has 1 amide bonds. The fourth-order valence-electron chi connectivity index (χ4n) is 3.36. The number of para-hydroxylation sites is 1. The highest BCUT2D eigenvalue weighted by Crippen LogP contribution is 2.34. The Hall–Kier alpha value is -2.72. The minimum absolute atomic E-state index is 0.0313. The number of sulfonamides is 1. The first-order valence-corrected chi connectivity index (χ1v) is 10.4. The molecule has 154 valence electrons. The second kappa shape index (κ2) is 7.60. The van der Waals surface area contributed by atoms with Gasteiger partial charge >= 0.3 is 0 Å². The minimum Gasteiger partial charge on any atom is -0.486 e. The molecular formula is C19H18F2N2O5S. The van der Waals surface area contributed by atoms with Crippen molar-refractivity contribution in [3.63, 3.8) is 0 Å². The molecular weight excluding hydrogens is 406 g/mol. The van der Waals surface area contributed by atoms with Crippen molar-refractivity contribution in [1.29, 1.82) is 0 Å². The third-order valence-electron chi connectivity index (χ3n) is 4.83. The summed E-state index contributed by atoms with van der Waals surface area (Å²) in [6.45, 7) is 0.895. The average Bonchev–Trinajstić information content (AvgIpc) is 2.74. The summed E-state index contributed by atoms with van der Waals surface area (Å²) in [5, 5.41) is 0. The summed E-state index contributed by atoms with van der Waals surface area (Å²) < 4.78 is 64.8. The Labute approximate surface area is 166 Å². The maximum atomic E-state index is 13.9. The summed E-state index contributed by atoms with van der Waals surface area (Å²) in [7, 11) is -4.21. The van der Waals surface area contributed by atoms with Gasteiger partial charge in [-0.25, -0.2) is 17.2 Å². The third kappa shape index (κ3) is 3.65. The molecule has 10 heteroatoms. The van der Waals surface area contributed by atoms with Gasteiger partial charge < -0.3 is 14.4 Å². The molecule has 2 heterocycles. The standard InChI is InChI=1S/C19H18F2N2O5S/c20-13-4-5-15(21)17(12-13)29(25,26)23-8-6-22(7-9-23)19(24)14-2-1-3-16-18(14)28-11-10-27-16/h1-5,12H,6-11H2. The van der Waals surface area contributed by atoms with Crippen LogP contribution in [0.3, 0.4) is 0 Å². The van der Waals surface area contributed by atoms with E-state index in [2.05, 4.69) is 0 Å². The Morgan fingerprint density at radius 2 is 1.69 bits per heavy atom. The van der Waals surface area contributed by atoms with E-state index in [-0.39, 0.29) is 32.1 Å². The largest absolute Gasteiger partial charge is 0.486 e. The molecule has 0 aliphatic carbocycles. The first kappa shape index (κ1) is 19.6. The number of carbonyl (C=O) groups is 1. The zero-order valence-corrected chi connectivity index (χ0v) is 16.1. The van der Waals surface area contributed by atoms with Crippen LogP contribution in [0.2, 0.25) is 0 Å². The summed E-state index contributed by atoms with van der Waals surface area (Å²) in [6, 6.07) is 7.33. The number of ether oxygens (including phenoxy) is 2. The minimum atomic E-state index is -4.21. The monoisotopic (exact) mass is 424 g/mol. The van der Waals surface area contributed by atoms with Crippen LogP contribution in [0.4, 0.5) is 8.78 Å². The number of hydrogen-bond acceptors (Lipinski definition) is 5. The SMILES string of the molecule is O=C(c1cccc2c1OCCO2)N1CCN(S(=O)(=O)c2cc(F)ccc2F)CC1. The highest BCUT2D eigenvalue weighted by Gasteiger charge is 2.33. The van der Waals surface area contributed by atoms with E-state index in [1.165, 1.54) is 4.90 Å². The van der Waals surface area contributed by atoms with Crippen molar-refractivity contribution in [2.45, 2.75) is 4.90 Å². The maximum absolute atomic E-state index is 13.9. The van der Waals surface area contributed by atoms with Crippen molar-refractivity contribution in [1.82, 2.24) is 9.21 Å². The molecule has 0 aromatic heterocycles. The fourth-order valence-corrected chi connectivity index (χ4v) is 4.86. The van der Waals surface area contributed by atoms with E-state index in [1.807, 2.05) is 0 Å². The number of piperazine rings is 1. The molecule has 2 aromatic carbocycles. The van der Waals surface area contributed by atoms with Gasteiger partial charge in [0.05, 0.1) is 5.56 Å². The average molecular weight is 424 g/mol. The van der Waals surface area contributed by atoms with Crippen LogP contribution in [0.1, 0.15) is 10.4 Å². The van der Waals surface area contributed by atoms with Gasteiger partial charge in [-0.15, -0.1) is 0 Å². The van der Waals surface area contributed by atoms with Gasteiger partial charge in [-0.2, -0.15) is 4.31 Å². The van der Waals surface area contributed by atoms with Gasteiger partial charge in [0.15, 0.2) is 11.5 Å². The summed E-state index contributed by atoms with van der Waals surface area (Å²) in [6.07, 6.45) is 0. The van der Waals surface area contributed by atoms with Crippen molar-refractivity contribution in [3.8, 4) is 11.5 Å². The topological polar surface area (TPSA) is 76.2 Å². The first-order valence-electron chi connectivity index (χ1n) is 9.01. The molecule has 1 fully saturated rings. The summed E-state index contributed by atoms with van der Waals surface area (Å²) in [5.74, 6) is -1.29. The zero-order valence-electron chi connectivity index (χ0n) is 15.3. The lowest BCUT2D eigenvalue weighted by Crippen LogP contribution is -2.50. The van der Waals surface area contributed by atoms with Crippen molar-refractivity contribution < 1.29 is 31.5 Å². The van der Waals surface area contributed by atoms with Crippen LogP contribution in [0.5, 0.6) is 11.5 Å². The molecule has 0 unspecified atom stereocenters. The third-order valence-corrected chi connectivity index (χ3v) is 6.75. The quantitative estimate of drug-likeness (QED) is 0.752. The summed E-state index contributed by atoms with van der Waals surface area (Å²) >= 11 is 0. The van der Waals surface area contributed by atoms with Gasteiger partial charge in [0.1, 0.15) is 29.7 Å². The van der Waals surface area contributed by atoms with Crippen molar-refractivity contribution >= 4 is 15.9 Å². The molecule has 0 N–H and O–H groups in total. The number of benzene rings is 2. The lowest BCUT2D eigenvalue weighted by Gasteiger charge is -2.34. The highest BCUT2D eigenvalue weighted by atomic mass is 32.2. The van der Waals surface area contributed by atoms with Crippen molar-refractivity contribution in [3.05, 3.63) is 53.6 Å². The molecule has 0 radical (unpaired) electrons. The molecule has 0 spiro atoms. The molecule has 2 aliphatic heterocycles. The van der Waals surface area contributed by atoms with Crippen LogP contribution in [-0.2, 0) is 10.0 Å². The summed E-state index contributed by atoms with van der Waals surface area (Å²) in [5.41, 5.74) is 0.342. The number of hydrogen-bond donors (Lipinski definition) is 0. The molecule has 2 aliphatic rings. The lowest BCUT2D eigenvalue weighted by molar-refractivity contribution is 0.0687. The second-order valence-electron chi connectivity index (χ2n) is 6.60. The fraction of sp³-hybridized carbons (Fsp3) is 0.316. The molecule has 1 saturated heterocycles. The summed E-state index contributed by atoms with van der Waals surface area (Å²) in [4.78, 5) is 13.7. The van der Waals surface area contributed by atoms with Crippen LogP contribution in [-0.4, -0.2) is 62.9 Å². The van der Waals surface area contributed by atoms with E-state index in [1.54, 1.807) is 18.2 Å². The molecule has 0 bridgehead atoms. The van der Waals surface area contributed by atoms with Crippen LogP contribution in [0.25, 0.3) is 0 Å². The smallest absolute Gasteiger partial charge is 0.257 e. The first-order chi connectivity index (χ1) is 13.9. The van der Waals surface area contributed by atoms with Gasteiger partial charge in [0.2, 0.25) is 10.0 Å². The van der Waals surface area contributed by atoms with Crippen LogP contribution < -0.4 is 9.47 Å². The van der Waals surface area contributed by atoms with Gasteiger partial charge in [-0.05, 0) is 30.3 Å². The van der Waals surface area contributed by atoms with Crippen LogP contribution in [0, 0.1) is 11.6 Å². The molecule has 7 nitrogen and oxygen atoms in total. The Balaban J connectivity index is 1.50. The van der Waals surface area contributed by atoms with Gasteiger partial charge in [-0.3, -0.25) is 4.79 Å². The lowest BCUT2D eigenvalue weighted by atomic mass is 10.1. The Morgan fingerprint density at radius 1 is 0.966 bits per heavy atom. The predicted molar refractivity (Wildman–Crippen MR) is 98.5 cm³/mol. The van der Waals surface area contributed by atoms with Gasteiger partial charge in [0.25, 0.3) is 5.91 Å². The molecule has 0 saturated carbocycles. The van der Waals surface area contributed by atoms with Crippen molar-refractivity contribution in [2.24, 2.45) is 0 Å². The number of carbonyl (C=O) groups excluding carboxylic acids is 1. The van der Waals surface area contributed by atoms with Crippen molar-refractivity contribution in [2.75, 3.05) is 39.4 Å². The molecule has 2 aromatic rings. The van der Waals surface area contributed by atoms with Crippen LogP contribution in [0.15, 0.2) is 41.3 Å². The predicted octanol–water partition coefficient (Wildman–Crippen LogP) is 1.88. The van der Waals surface area contributed by atoms with Gasteiger partial charge in [-0.1, -0.05) is 6.07 Å². The molecule has 4 rings (SSSR count). The van der Waals surface area contributed by atoms with E-state index < -0.39 is 26.6 Å². The number of amides is 1. The van der Waals surface area contributed by atoms with E-state index in [0.29, 0.717) is 36.3 Å². The van der Waals surface area contributed by atoms with E-state index in [9.17, 15) is 22.0 Å². The van der Waals surface area contributed by atoms with Crippen LogP contribution >= 0.6 is 0 Å². The number of nitrogens with zero attached hydrogens (tertiary/aromatic N) is 2. The van der Waals surface area contributed by atoms with Gasteiger partial charge in [0, 0.05) is 26.2 Å². The van der Waals surface area contributed by atoms with E-state index in [0.717, 1.165) is 16.4 Å². The molecule has 0 atom stereocenters. The zero-order chi connectivity index (χ0) is 20.6. The Kier molecular flexibility index (Phi) is 5.13. The number of halogens is 2. The number of fused-ring (bicyclic) bond motifs is 1. The van der Waals surface area contributed by atoms with E-state index >= 15 is 0 Å². The maximum Gasteiger partial charge on any atom is 0.257 e.